The van der Waals surface area contributed by atoms with Crippen LogP contribution in [0.5, 0.6) is 0 Å². The second kappa shape index (κ2) is 10.6. The molecular formula is C23H30N4O3S2. The second-order valence-electron chi connectivity index (χ2n) is 8.00. The number of anilines is 1. The molecule has 2 aromatic rings. The van der Waals surface area contributed by atoms with E-state index in [4.69, 9.17) is 0 Å². The fourth-order valence-corrected chi connectivity index (χ4v) is 6.25. The van der Waals surface area contributed by atoms with E-state index in [9.17, 15) is 18.5 Å². The van der Waals surface area contributed by atoms with Crippen molar-refractivity contribution in [1.29, 1.82) is 5.26 Å². The van der Waals surface area contributed by atoms with Crippen LogP contribution in [0.2, 0.25) is 0 Å². The number of benzene rings is 1. The number of hydrogen-bond donors (Lipinski definition) is 1. The monoisotopic (exact) mass is 474 g/mol. The summed E-state index contributed by atoms with van der Waals surface area (Å²) in [4.78, 5) is 16.5. The van der Waals surface area contributed by atoms with Gasteiger partial charge >= 0.3 is 0 Å². The smallest absolute Gasteiger partial charge is 0.256 e. The van der Waals surface area contributed by atoms with Gasteiger partial charge in [-0.15, -0.1) is 11.3 Å². The van der Waals surface area contributed by atoms with Crippen LogP contribution in [0.4, 0.5) is 5.00 Å². The first-order chi connectivity index (χ1) is 15.3. The molecule has 0 fully saturated rings. The second-order valence-corrected chi connectivity index (χ2v) is 11.2. The third-order valence-corrected chi connectivity index (χ3v) is 8.67. The Morgan fingerprint density at radius 1 is 1.25 bits per heavy atom. The fourth-order valence-electron chi connectivity index (χ4n) is 3.80. The van der Waals surface area contributed by atoms with E-state index in [1.807, 2.05) is 6.92 Å². The molecule has 1 aromatic heterocycles. The van der Waals surface area contributed by atoms with Crippen molar-refractivity contribution in [3.05, 3.63) is 45.8 Å². The summed E-state index contributed by atoms with van der Waals surface area (Å²) in [7, 11) is -2.01. The number of carbonyl (C=O) groups is 1. The average molecular weight is 475 g/mol. The molecule has 7 nitrogen and oxygen atoms in total. The summed E-state index contributed by atoms with van der Waals surface area (Å²) in [6.07, 6.45) is 3.59. The summed E-state index contributed by atoms with van der Waals surface area (Å²) < 4.78 is 26.7. The summed E-state index contributed by atoms with van der Waals surface area (Å²) in [5.41, 5.74) is 1.94. The number of hydrogen-bond acceptors (Lipinski definition) is 6. The molecule has 172 valence electrons. The van der Waals surface area contributed by atoms with Crippen LogP contribution in [0.1, 0.15) is 59.5 Å². The largest absolute Gasteiger partial charge is 0.312 e. The Bertz CT molecular complexity index is 1100. The molecule has 0 bridgehead atoms. The third-order valence-electron chi connectivity index (χ3n) is 5.67. The Labute approximate surface area is 194 Å². The fraction of sp³-hybridized carbons (Fsp3) is 0.478. The lowest BCUT2D eigenvalue weighted by Gasteiger charge is -2.26. The van der Waals surface area contributed by atoms with Gasteiger partial charge in [-0.1, -0.05) is 20.3 Å². The van der Waals surface area contributed by atoms with Crippen LogP contribution in [0.3, 0.4) is 0 Å². The van der Waals surface area contributed by atoms with Gasteiger partial charge in [0.15, 0.2) is 0 Å². The van der Waals surface area contributed by atoms with Gasteiger partial charge < -0.3 is 5.32 Å². The van der Waals surface area contributed by atoms with Crippen LogP contribution in [-0.2, 0) is 23.0 Å². The Hall–Kier alpha value is -2.25. The topological polar surface area (TPSA) is 93.5 Å². The normalized spacial score (nSPS) is 14.2. The highest BCUT2D eigenvalue weighted by atomic mass is 32.2. The number of amides is 1. The van der Waals surface area contributed by atoms with E-state index in [0.29, 0.717) is 22.7 Å². The van der Waals surface area contributed by atoms with Gasteiger partial charge in [0.1, 0.15) is 11.1 Å². The van der Waals surface area contributed by atoms with Crippen molar-refractivity contribution < 1.29 is 13.2 Å². The highest BCUT2D eigenvalue weighted by Crippen LogP contribution is 2.37. The van der Waals surface area contributed by atoms with Crippen LogP contribution >= 0.6 is 11.3 Å². The molecule has 0 aliphatic carbocycles. The maximum Gasteiger partial charge on any atom is 0.256 e. The number of carbonyl (C=O) groups excluding carboxylic acids is 1. The summed E-state index contributed by atoms with van der Waals surface area (Å²) in [6, 6.07) is 8.20. The van der Waals surface area contributed by atoms with Crippen molar-refractivity contribution in [1.82, 2.24) is 9.21 Å². The van der Waals surface area contributed by atoms with E-state index in [1.165, 1.54) is 39.9 Å². The molecule has 0 radical (unpaired) electrons. The van der Waals surface area contributed by atoms with E-state index >= 15 is 0 Å². The predicted octanol–water partition coefficient (Wildman–Crippen LogP) is 4.06. The lowest BCUT2D eigenvalue weighted by molar-refractivity contribution is 0.102. The molecule has 1 amide bonds. The number of nitrogens with zero attached hydrogens (tertiary/aromatic N) is 3. The van der Waals surface area contributed by atoms with E-state index in [1.54, 1.807) is 7.05 Å². The van der Waals surface area contributed by atoms with Gasteiger partial charge in [-0.25, -0.2) is 12.7 Å². The van der Waals surface area contributed by atoms with Gasteiger partial charge in [-0.05, 0) is 55.6 Å². The Morgan fingerprint density at radius 3 is 2.59 bits per heavy atom. The Balaban J connectivity index is 1.75. The van der Waals surface area contributed by atoms with Crippen molar-refractivity contribution in [2.45, 2.75) is 51.0 Å². The number of rotatable bonds is 9. The quantitative estimate of drug-likeness (QED) is 0.591. The maximum absolute atomic E-state index is 12.8. The Kier molecular flexibility index (Phi) is 8.06. The van der Waals surface area contributed by atoms with Crippen LogP contribution in [0, 0.1) is 11.3 Å². The average Bonchev–Trinajstić information content (AvgIpc) is 3.13. The standard InChI is InChI=1S/C23H30N4O3S2/c1-4-6-13-26(3)32(29,30)18-9-7-17(8-10-18)22(28)25-23-20(15-24)19-11-14-27(12-5-2)16-21(19)31-23/h7-10H,4-6,11-14,16H2,1-3H3,(H,25,28). The van der Waals surface area contributed by atoms with Crippen LogP contribution < -0.4 is 5.32 Å². The third kappa shape index (κ3) is 5.21. The first kappa shape index (κ1) is 24.4. The first-order valence-corrected chi connectivity index (χ1v) is 13.2. The highest BCUT2D eigenvalue weighted by molar-refractivity contribution is 7.89. The summed E-state index contributed by atoms with van der Waals surface area (Å²) in [6.45, 7) is 7.35. The molecule has 1 aliphatic heterocycles. The van der Waals surface area contributed by atoms with Gasteiger partial charge in [0, 0.05) is 37.1 Å². The molecule has 0 saturated heterocycles. The molecule has 1 aromatic carbocycles. The summed E-state index contributed by atoms with van der Waals surface area (Å²) in [5, 5.41) is 13.1. The zero-order valence-electron chi connectivity index (χ0n) is 18.8. The van der Waals surface area contributed by atoms with E-state index in [0.717, 1.165) is 55.8 Å². The number of nitriles is 1. The van der Waals surface area contributed by atoms with Gasteiger partial charge in [0.25, 0.3) is 5.91 Å². The minimum absolute atomic E-state index is 0.160. The number of nitrogens with one attached hydrogen (secondary N) is 1. The number of thiophene rings is 1. The van der Waals surface area contributed by atoms with Crippen LogP contribution in [0.15, 0.2) is 29.2 Å². The molecule has 0 unspecified atom stereocenters. The van der Waals surface area contributed by atoms with Gasteiger partial charge in [-0.2, -0.15) is 5.26 Å². The Morgan fingerprint density at radius 2 is 1.97 bits per heavy atom. The number of unbranched alkanes of at least 4 members (excludes halogenated alkanes) is 1. The molecule has 1 aliphatic rings. The van der Waals surface area contributed by atoms with Gasteiger partial charge in [0.05, 0.1) is 10.5 Å². The number of fused-ring (bicyclic) bond motifs is 1. The van der Waals surface area contributed by atoms with E-state index < -0.39 is 10.0 Å². The lowest BCUT2D eigenvalue weighted by Crippen LogP contribution is -2.30. The van der Waals surface area contributed by atoms with Crippen molar-refractivity contribution in [2.24, 2.45) is 0 Å². The van der Waals surface area contributed by atoms with Gasteiger partial charge in [0.2, 0.25) is 10.0 Å². The molecule has 0 spiro atoms. The molecule has 0 saturated carbocycles. The molecule has 3 rings (SSSR count). The zero-order chi connectivity index (χ0) is 23.3. The minimum atomic E-state index is -3.58. The summed E-state index contributed by atoms with van der Waals surface area (Å²) in [5.74, 6) is -0.353. The molecule has 32 heavy (non-hydrogen) atoms. The number of sulfonamides is 1. The molecule has 9 heteroatoms. The highest BCUT2D eigenvalue weighted by Gasteiger charge is 2.25. The van der Waals surface area contributed by atoms with Gasteiger partial charge in [-0.3, -0.25) is 9.69 Å². The van der Waals surface area contributed by atoms with Crippen LogP contribution in [-0.4, -0.2) is 50.2 Å². The van der Waals surface area contributed by atoms with Crippen molar-refractivity contribution in [2.75, 3.05) is 32.0 Å². The molecule has 2 heterocycles. The van der Waals surface area contributed by atoms with Crippen molar-refractivity contribution >= 4 is 32.3 Å². The zero-order valence-corrected chi connectivity index (χ0v) is 20.5. The lowest BCUT2D eigenvalue weighted by atomic mass is 10.0. The van der Waals surface area contributed by atoms with Crippen LogP contribution in [0.25, 0.3) is 0 Å². The predicted molar refractivity (Wildman–Crippen MR) is 127 cm³/mol. The molecule has 1 N–H and O–H groups in total. The van der Waals surface area contributed by atoms with Crippen molar-refractivity contribution in [3.8, 4) is 6.07 Å². The molecular weight excluding hydrogens is 444 g/mol. The first-order valence-electron chi connectivity index (χ1n) is 11.0. The van der Waals surface area contributed by atoms with Crippen molar-refractivity contribution in [3.63, 3.8) is 0 Å². The minimum Gasteiger partial charge on any atom is -0.312 e. The molecule has 0 atom stereocenters. The SMILES string of the molecule is CCCCN(C)S(=O)(=O)c1ccc(C(=O)Nc2sc3c(c2C#N)CCN(CCC)C3)cc1. The summed E-state index contributed by atoms with van der Waals surface area (Å²) >= 11 is 1.46. The van der Waals surface area contributed by atoms with E-state index in [-0.39, 0.29) is 10.8 Å². The maximum atomic E-state index is 12.8. The van der Waals surface area contributed by atoms with E-state index in [2.05, 4.69) is 23.2 Å².